The van der Waals surface area contributed by atoms with Crippen LogP contribution in [0.5, 0.6) is 0 Å². The van der Waals surface area contributed by atoms with Crippen molar-refractivity contribution in [2.75, 3.05) is 23.9 Å². The molecule has 4 nitrogen and oxygen atoms in total. The van der Waals surface area contributed by atoms with E-state index in [0.29, 0.717) is 22.5 Å². The molecule has 0 saturated heterocycles. The van der Waals surface area contributed by atoms with Gasteiger partial charge in [0.25, 0.3) is 0 Å². The molecule has 19 heavy (non-hydrogen) atoms. The molecule has 0 spiro atoms. The molecule has 1 heterocycles. The van der Waals surface area contributed by atoms with Crippen molar-refractivity contribution in [2.45, 2.75) is 5.16 Å². The van der Waals surface area contributed by atoms with Gasteiger partial charge in [-0.15, -0.1) is 0 Å². The van der Waals surface area contributed by atoms with Gasteiger partial charge in [0.1, 0.15) is 17.5 Å². The molecular weight excluding hydrogens is 287 g/mol. The molecule has 1 aromatic carbocycles. The summed E-state index contributed by atoms with van der Waals surface area (Å²) in [5.74, 6) is 0.872. The summed E-state index contributed by atoms with van der Waals surface area (Å²) in [6.07, 6.45) is 1.90. The Balaban J connectivity index is 2.29. The topological polar surface area (TPSA) is 49.8 Å². The summed E-state index contributed by atoms with van der Waals surface area (Å²) in [7, 11) is 1.78. The van der Waals surface area contributed by atoms with Gasteiger partial charge in [0.15, 0.2) is 5.16 Å². The van der Waals surface area contributed by atoms with Gasteiger partial charge in [0.2, 0.25) is 0 Å². The molecule has 0 saturated carbocycles. The summed E-state index contributed by atoms with van der Waals surface area (Å²) < 4.78 is 13.1. The number of halogens is 2. The first-order chi connectivity index (χ1) is 9.12. The van der Waals surface area contributed by atoms with Gasteiger partial charge >= 0.3 is 0 Å². The van der Waals surface area contributed by atoms with Crippen LogP contribution in [0.25, 0.3) is 0 Å². The lowest BCUT2D eigenvalue weighted by Crippen LogP contribution is -2.00. The average molecular weight is 299 g/mol. The van der Waals surface area contributed by atoms with E-state index in [2.05, 4.69) is 20.6 Å². The highest BCUT2D eigenvalue weighted by atomic mass is 35.5. The Morgan fingerprint density at radius 1 is 1.21 bits per heavy atom. The lowest BCUT2D eigenvalue weighted by molar-refractivity contribution is 0.628. The number of hydrogen-bond donors (Lipinski definition) is 2. The predicted octanol–water partition coefficient (Wildman–Crippen LogP) is 3.78. The number of hydrogen-bond acceptors (Lipinski definition) is 5. The number of benzene rings is 1. The SMILES string of the molecule is CNc1cc(Nc2ccc(F)c(Cl)c2)nc(SC)n1. The van der Waals surface area contributed by atoms with Crippen LogP contribution in [0, 0.1) is 5.82 Å². The number of thioether (sulfide) groups is 1. The first-order valence-electron chi connectivity index (χ1n) is 5.45. The van der Waals surface area contributed by atoms with Crippen molar-refractivity contribution in [1.82, 2.24) is 9.97 Å². The first kappa shape index (κ1) is 13.9. The van der Waals surface area contributed by atoms with Gasteiger partial charge in [-0.2, -0.15) is 0 Å². The molecule has 2 N–H and O–H groups in total. The Morgan fingerprint density at radius 3 is 2.58 bits per heavy atom. The maximum atomic E-state index is 13.1. The summed E-state index contributed by atoms with van der Waals surface area (Å²) in [6.45, 7) is 0. The zero-order valence-corrected chi connectivity index (χ0v) is 11.9. The van der Waals surface area contributed by atoms with Gasteiger partial charge < -0.3 is 10.6 Å². The second kappa shape index (κ2) is 6.08. The van der Waals surface area contributed by atoms with Crippen molar-refractivity contribution in [2.24, 2.45) is 0 Å². The summed E-state index contributed by atoms with van der Waals surface area (Å²) in [5.41, 5.74) is 0.666. The molecule has 0 aliphatic rings. The molecule has 2 aromatic rings. The Morgan fingerprint density at radius 2 is 1.95 bits per heavy atom. The van der Waals surface area contributed by atoms with Gasteiger partial charge in [0.05, 0.1) is 5.02 Å². The second-order valence-corrected chi connectivity index (χ2v) is 4.81. The molecule has 0 unspecified atom stereocenters. The van der Waals surface area contributed by atoms with Crippen molar-refractivity contribution < 1.29 is 4.39 Å². The van der Waals surface area contributed by atoms with Gasteiger partial charge in [-0.25, -0.2) is 14.4 Å². The summed E-state index contributed by atoms with van der Waals surface area (Å²) >= 11 is 7.17. The lowest BCUT2D eigenvalue weighted by Gasteiger charge is -2.09. The zero-order chi connectivity index (χ0) is 13.8. The number of nitrogens with zero attached hydrogens (tertiary/aromatic N) is 2. The largest absolute Gasteiger partial charge is 0.373 e. The second-order valence-electron chi connectivity index (χ2n) is 3.63. The molecule has 2 rings (SSSR count). The van der Waals surface area contributed by atoms with Crippen LogP contribution in [0.3, 0.4) is 0 Å². The number of rotatable bonds is 4. The molecule has 0 aliphatic carbocycles. The normalized spacial score (nSPS) is 10.3. The Labute approximate surface area is 119 Å². The highest BCUT2D eigenvalue weighted by Crippen LogP contribution is 2.24. The summed E-state index contributed by atoms with van der Waals surface area (Å²) in [4.78, 5) is 8.57. The summed E-state index contributed by atoms with van der Waals surface area (Å²) in [6, 6.07) is 6.18. The predicted molar refractivity (Wildman–Crippen MR) is 78.1 cm³/mol. The van der Waals surface area contributed by atoms with E-state index in [1.807, 2.05) is 6.26 Å². The van der Waals surface area contributed by atoms with Crippen LogP contribution in [0.4, 0.5) is 21.7 Å². The fraction of sp³-hybridized carbons (Fsp3) is 0.167. The van der Waals surface area contributed by atoms with E-state index in [1.54, 1.807) is 19.2 Å². The highest BCUT2D eigenvalue weighted by Gasteiger charge is 2.05. The third kappa shape index (κ3) is 3.48. The smallest absolute Gasteiger partial charge is 0.191 e. The number of nitrogens with one attached hydrogen (secondary N) is 2. The van der Waals surface area contributed by atoms with Crippen molar-refractivity contribution in [1.29, 1.82) is 0 Å². The van der Waals surface area contributed by atoms with Crippen LogP contribution in [-0.2, 0) is 0 Å². The zero-order valence-electron chi connectivity index (χ0n) is 10.4. The van der Waals surface area contributed by atoms with Crippen molar-refractivity contribution in [3.63, 3.8) is 0 Å². The fourth-order valence-corrected chi connectivity index (χ4v) is 1.99. The summed E-state index contributed by atoms with van der Waals surface area (Å²) in [5, 5.41) is 6.73. The van der Waals surface area contributed by atoms with E-state index in [9.17, 15) is 4.39 Å². The average Bonchev–Trinajstić information content (AvgIpc) is 2.42. The van der Waals surface area contributed by atoms with Crippen molar-refractivity contribution in [3.8, 4) is 0 Å². The quantitative estimate of drug-likeness (QED) is 0.664. The van der Waals surface area contributed by atoms with E-state index >= 15 is 0 Å². The third-order valence-corrected chi connectivity index (χ3v) is 3.17. The minimum atomic E-state index is -0.448. The van der Waals surface area contributed by atoms with Gasteiger partial charge in [-0.3, -0.25) is 0 Å². The van der Waals surface area contributed by atoms with Crippen LogP contribution in [0.1, 0.15) is 0 Å². The van der Waals surface area contributed by atoms with E-state index in [1.165, 1.54) is 23.9 Å². The van der Waals surface area contributed by atoms with E-state index in [4.69, 9.17) is 11.6 Å². The minimum absolute atomic E-state index is 0.0676. The highest BCUT2D eigenvalue weighted by molar-refractivity contribution is 7.98. The molecular formula is C12H12ClFN4S. The van der Waals surface area contributed by atoms with E-state index < -0.39 is 5.82 Å². The van der Waals surface area contributed by atoms with Crippen LogP contribution >= 0.6 is 23.4 Å². The lowest BCUT2D eigenvalue weighted by atomic mass is 10.3. The molecule has 100 valence electrons. The van der Waals surface area contributed by atoms with Crippen LogP contribution in [0.2, 0.25) is 5.02 Å². The molecule has 1 aromatic heterocycles. The minimum Gasteiger partial charge on any atom is -0.373 e. The third-order valence-electron chi connectivity index (χ3n) is 2.34. The Kier molecular flexibility index (Phi) is 4.44. The van der Waals surface area contributed by atoms with E-state index in [0.717, 1.165) is 0 Å². The molecule has 0 aliphatic heterocycles. The Hall–Kier alpha value is -1.53. The van der Waals surface area contributed by atoms with Gasteiger partial charge in [0, 0.05) is 18.8 Å². The maximum absolute atomic E-state index is 13.1. The van der Waals surface area contributed by atoms with Gasteiger partial charge in [-0.1, -0.05) is 23.4 Å². The van der Waals surface area contributed by atoms with Crippen LogP contribution in [0.15, 0.2) is 29.4 Å². The molecule has 7 heteroatoms. The molecule has 0 radical (unpaired) electrons. The monoisotopic (exact) mass is 298 g/mol. The molecule has 0 atom stereocenters. The number of aromatic nitrogens is 2. The standard InChI is InChI=1S/C12H12ClFN4S/c1-15-10-6-11(18-12(17-10)19-2)16-7-3-4-9(14)8(13)5-7/h3-6H,1-2H3,(H2,15,16,17,18). The fourth-order valence-electron chi connectivity index (χ4n) is 1.43. The Bertz CT molecular complexity index is 572. The van der Waals surface area contributed by atoms with Crippen molar-refractivity contribution >= 4 is 40.7 Å². The van der Waals surface area contributed by atoms with Crippen molar-refractivity contribution in [3.05, 3.63) is 35.1 Å². The van der Waals surface area contributed by atoms with E-state index in [-0.39, 0.29) is 5.02 Å². The van der Waals surface area contributed by atoms with Gasteiger partial charge in [-0.05, 0) is 24.5 Å². The van der Waals surface area contributed by atoms with Crippen LogP contribution < -0.4 is 10.6 Å². The molecule has 0 bridgehead atoms. The maximum Gasteiger partial charge on any atom is 0.191 e. The molecule has 0 amide bonds. The first-order valence-corrected chi connectivity index (χ1v) is 7.05. The number of anilines is 3. The van der Waals surface area contributed by atoms with Crippen LogP contribution in [-0.4, -0.2) is 23.3 Å². The molecule has 0 fully saturated rings.